The Hall–Kier alpha value is -2.45. The highest BCUT2D eigenvalue weighted by Crippen LogP contribution is 2.22. The average molecular weight is 299 g/mol. The topological polar surface area (TPSA) is 75.0 Å². The molecule has 0 fully saturated rings. The molecule has 0 aliphatic heterocycles. The molecular formula is C16H13NO3S. The number of Topliss-reactive ketones (excluding diaryl/α,β-unsaturated/α-hetero) is 1. The van der Waals surface area contributed by atoms with Crippen LogP contribution in [0.15, 0.2) is 53.4 Å². The van der Waals surface area contributed by atoms with Crippen molar-refractivity contribution in [3.8, 4) is 17.2 Å². The van der Waals surface area contributed by atoms with Crippen molar-refractivity contribution in [3.63, 3.8) is 0 Å². The van der Waals surface area contributed by atoms with Gasteiger partial charge in [-0.3, -0.25) is 4.79 Å². The minimum atomic E-state index is -3.56. The number of nitrogens with zero attached hydrogens (tertiary/aromatic N) is 1. The van der Waals surface area contributed by atoms with E-state index in [0.29, 0.717) is 5.56 Å². The molecule has 0 spiro atoms. The fourth-order valence-corrected chi connectivity index (χ4v) is 3.20. The van der Waals surface area contributed by atoms with Gasteiger partial charge in [-0.05, 0) is 42.3 Å². The summed E-state index contributed by atoms with van der Waals surface area (Å²) in [6, 6.07) is 15.4. The molecule has 4 nitrogen and oxygen atoms in total. The molecule has 0 radical (unpaired) electrons. The summed E-state index contributed by atoms with van der Waals surface area (Å²) in [5, 5.41) is 8.75. The lowest BCUT2D eigenvalue weighted by molar-refractivity contribution is -0.114. The van der Waals surface area contributed by atoms with Gasteiger partial charge in [0.05, 0.1) is 16.5 Å². The summed E-state index contributed by atoms with van der Waals surface area (Å²) in [7, 11) is -3.56. The number of carbonyl (C=O) groups is 1. The predicted molar refractivity (Wildman–Crippen MR) is 79.3 cm³/mol. The molecule has 0 aromatic heterocycles. The Morgan fingerprint density at radius 1 is 1.00 bits per heavy atom. The summed E-state index contributed by atoms with van der Waals surface area (Å²) in [5.41, 5.74) is 2.31. The van der Waals surface area contributed by atoms with Gasteiger partial charge >= 0.3 is 0 Å². The number of sulfone groups is 1. The summed E-state index contributed by atoms with van der Waals surface area (Å²) in [6.45, 7) is 1.25. The van der Waals surface area contributed by atoms with Gasteiger partial charge in [0.1, 0.15) is 11.5 Å². The number of ketones is 1. The molecule has 2 aromatic carbocycles. The van der Waals surface area contributed by atoms with Crippen LogP contribution in [0, 0.1) is 11.3 Å². The summed E-state index contributed by atoms with van der Waals surface area (Å²) in [6.07, 6.45) is 0. The summed E-state index contributed by atoms with van der Waals surface area (Å²) in [5.74, 6) is -0.866. The minimum Gasteiger partial charge on any atom is -0.299 e. The van der Waals surface area contributed by atoms with Crippen molar-refractivity contribution in [1.82, 2.24) is 0 Å². The molecule has 0 amide bonds. The van der Waals surface area contributed by atoms with Crippen LogP contribution in [-0.2, 0) is 14.6 Å². The normalized spacial score (nSPS) is 10.9. The van der Waals surface area contributed by atoms with Crippen LogP contribution >= 0.6 is 0 Å². The van der Waals surface area contributed by atoms with Crippen LogP contribution in [0.4, 0.5) is 0 Å². The molecule has 21 heavy (non-hydrogen) atoms. The number of nitriles is 1. The SMILES string of the molecule is CC(=O)CS(=O)(=O)c1ccc(-c2ccc(C#N)cc2)cc1. The number of benzene rings is 2. The zero-order chi connectivity index (χ0) is 15.5. The van der Waals surface area contributed by atoms with Gasteiger partial charge < -0.3 is 0 Å². The highest BCUT2D eigenvalue weighted by molar-refractivity contribution is 7.92. The Bertz CT molecular complexity index is 798. The van der Waals surface area contributed by atoms with Crippen molar-refractivity contribution in [3.05, 3.63) is 54.1 Å². The zero-order valence-corrected chi connectivity index (χ0v) is 12.2. The molecule has 0 unspecified atom stereocenters. The Morgan fingerprint density at radius 3 is 1.90 bits per heavy atom. The van der Waals surface area contributed by atoms with Gasteiger partial charge in [0, 0.05) is 0 Å². The second-order valence-electron chi connectivity index (χ2n) is 4.67. The molecule has 106 valence electrons. The van der Waals surface area contributed by atoms with E-state index in [4.69, 9.17) is 5.26 Å². The van der Waals surface area contributed by atoms with Gasteiger partial charge in [-0.1, -0.05) is 24.3 Å². The van der Waals surface area contributed by atoms with Gasteiger partial charge in [0.15, 0.2) is 9.84 Å². The second kappa shape index (κ2) is 5.90. The largest absolute Gasteiger partial charge is 0.299 e. The maximum absolute atomic E-state index is 11.9. The molecular weight excluding hydrogens is 286 g/mol. The van der Waals surface area contributed by atoms with Crippen LogP contribution in [0.1, 0.15) is 12.5 Å². The van der Waals surface area contributed by atoms with Gasteiger partial charge in [0.25, 0.3) is 0 Å². The molecule has 0 atom stereocenters. The molecule has 0 saturated carbocycles. The summed E-state index contributed by atoms with van der Waals surface area (Å²) >= 11 is 0. The van der Waals surface area contributed by atoms with Crippen LogP contribution in [-0.4, -0.2) is 20.0 Å². The third kappa shape index (κ3) is 3.56. The number of hydrogen-bond acceptors (Lipinski definition) is 4. The average Bonchev–Trinajstić information content (AvgIpc) is 2.46. The van der Waals surface area contributed by atoms with Gasteiger partial charge in [-0.25, -0.2) is 8.42 Å². The van der Waals surface area contributed by atoms with E-state index in [9.17, 15) is 13.2 Å². The van der Waals surface area contributed by atoms with Crippen molar-refractivity contribution < 1.29 is 13.2 Å². The Kier molecular flexibility index (Phi) is 4.20. The fraction of sp³-hybridized carbons (Fsp3) is 0.125. The number of carbonyl (C=O) groups excluding carboxylic acids is 1. The first-order valence-corrected chi connectivity index (χ1v) is 7.90. The van der Waals surface area contributed by atoms with E-state index in [1.54, 1.807) is 36.4 Å². The summed E-state index contributed by atoms with van der Waals surface area (Å²) < 4.78 is 23.8. The van der Waals surface area contributed by atoms with E-state index in [0.717, 1.165) is 11.1 Å². The van der Waals surface area contributed by atoms with E-state index < -0.39 is 15.6 Å². The molecule has 2 aromatic rings. The highest BCUT2D eigenvalue weighted by Gasteiger charge is 2.16. The van der Waals surface area contributed by atoms with Gasteiger partial charge in [0.2, 0.25) is 0 Å². The molecule has 0 saturated heterocycles. The first-order chi connectivity index (χ1) is 9.92. The van der Waals surface area contributed by atoms with E-state index >= 15 is 0 Å². The monoisotopic (exact) mass is 299 g/mol. The van der Waals surface area contributed by atoms with E-state index in [-0.39, 0.29) is 10.7 Å². The molecule has 0 aliphatic rings. The maximum atomic E-state index is 11.9. The molecule has 0 bridgehead atoms. The van der Waals surface area contributed by atoms with Crippen molar-refractivity contribution in [2.75, 3.05) is 5.75 Å². The molecule has 5 heteroatoms. The first kappa shape index (κ1) is 14.9. The maximum Gasteiger partial charge on any atom is 0.185 e. The number of rotatable bonds is 4. The van der Waals surface area contributed by atoms with Gasteiger partial charge in [-0.15, -0.1) is 0 Å². The third-order valence-electron chi connectivity index (χ3n) is 2.95. The molecule has 0 heterocycles. The second-order valence-corrected chi connectivity index (χ2v) is 6.66. The Balaban J connectivity index is 2.30. The van der Waals surface area contributed by atoms with Crippen molar-refractivity contribution in [1.29, 1.82) is 5.26 Å². The molecule has 2 rings (SSSR count). The van der Waals surface area contributed by atoms with Crippen LogP contribution in [0.3, 0.4) is 0 Å². The number of hydrogen-bond donors (Lipinski definition) is 0. The van der Waals surface area contributed by atoms with E-state index in [1.807, 2.05) is 6.07 Å². The first-order valence-electron chi connectivity index (χ1n) is 6.25. The Morgan fingerprint density at radius 2 is 1.48 bits per heavy atom. The lowest BCUT2D eigenvalue weighted by Gasteiger charge is -2.05. The fourth-order valence-electron chi connectivity index (χ4n) is 1.94. The smallest absolute Gasteiger partial charge is 0.185 e. The predicted octanol–water partition coefficient (Wildman–Crippen LogP) is 2.59. The van der Waals surface area contributed by atoms with Crippen LogP contribution in [0.5, 0.6) is 0 Å². The van der Waals surface area contributed by atoms with Crippen molar-refractivity contribution >= 4 is 15.6 Å². The van der Waals surface area contributed by atoms with Crippen LogP contribution < -0.4 is 0 Å². The lowest BCUT2D eigenvalue weighted by Crippen LogP contribution is -2.13. The Labute approximate surface area is 123 Å². The van der Waals surface area contributed by atoms with Crippen LogP contribution in [0.2, 0.25) is 0 Å². The quantitative estimate of drug-likeness (QED) is 0.869. The van der Waals surface area contributed by atoms with Gasteiger partial charge in [-0.2, -0.15) is 5.26 Å². The van der Waals surface area contributed by atoms with E-state index in [2.05, 4.69) is 0 Å². The van der Waals surface area contributed by atoms with Crippen LogP contribution in [0.25, 0.3) is 11.1 Å². The minimum absolute atomic E-state index is 0.134. The summed E-state index contributed by atoms with van der Waals surface area (Å²) in [4.78, 5) is 11.1. The van der Waals surface area contributed by atoms with Crippen molar-refractivity contribution in [2.24, 2.45) is 0 Å². The molecule has 0 aliphatic carbocycles. The van der Waals surface area contributed by atoms with E-state index in [1.165, 1.54) is 19.1 Å². The lowest BCUT2D eigenvalue weighted by atomic mass is 10.0. The standard InChI is InChI=1S/C16H13NO3S/c1-12(18)11-21(19,20)16-8-6-15(7-9-16)14-4-2-13(10-17)3-5-14/h2-9H,11H2,1H3. The molecule has 0 N–H and O–H groups in total. The zero-order valence-electron chi connectivity index (χ0n) is 11.4. The third-order valence-corrected chi connectivity index (χ3v) is 4.73. The highest BCUT2D eigenvalue weighted by atomic mass is 32.2. The van der Waals surface area contributed by atoms with Crippen molar-refractivity contribution in [2.45, 2.75) is 11.8 Å².